The van der Waals surface area contributed by atoms with Crippen LogP contribution < -0.4 is 9.64 Å². The first kappa shape index (κ1) is 20.2. The Morgan fingerprint density at radius 1 is 0.800 bits per heavy atom. The van der Waals surface area contributed by atoms with E-state index in [0.717, 1.165) is 44.0 Å². The van der Waals surface area contributed by atoms with Gasteiger partial charge >= 0.3 is 0 Å². The van der Waals surface area contributed by atoms with Crippen LogP contribution in [0.25, 0.3) is 0 Å². The van der Waals surface area contributed by atoms with Crippen LogP contribution in [0.2, 0.25) is 0 Å². The van der Waals surface area contributed by atoms with Gasteiger partial charge in [-0.1, -0.05) is 42.5 Å². The third-order valence-electron chi connectivity index (χ3n) is 5.59. The van der Waals surface area contributed by atoms with Gasteiger partial charge in [0.2, 0.25) is 0 Å². The number of carbonyl (C=O) groups excluding carboxylic acids is 1. The molecule has 4 heteroatoms. The van der Waals surface area contributed by atoms with Crippen molar-refractivity contribution in [1.82, 2.24) is 4.90 Å². The van der Waals surface area contributed by atoms with E-state index in [0.29, 0.717) is 6.61 Å². The SMILES string of the molecule is CC(=O)c1ccc(N2CCN(Cc3ccc(OCc4ccccc4)cc3)CC2)cc1. The molecule has 0 atom stereocenters. The van der Waals surface area contributed by atoms with Crippen LogP contribution in [-0.2, 0) is 13.2 Å². The Hall–Kier alpha value is -3.11. The maximum atomic E-state index is 11.4. The van der Waals surface area contributed by atoms with E-state index in [-0.39, 0.29) is 5.78 Å². The van der Waals surface area contributed by atoms with E-state index in [1.807, 2.05) is 30.3 Å². The molecular weight excluding hydrogens is 372 g/mol. The number of ketones is 1. The molecule has 1 heterocycles. The summed E-state index contributed by atoms with van der Waals surface area (Å²) >= 11 is 0. The van der Waals surface area contributed by atoms with Gasteiger partial charge in [0.1, 0.15) is 12.4 Å². The van der Waals surface area contributed by atoms with Gasteiger partial charge in [0, 0.05) is 44.0 Å². The monoisotopic (exact) mass is 400 g/mol. The lowest BCUT2D eigenvalue weighted by Crippen LogP contribution is -2.45. The maximum absolute atomic E-state index is 11.4. The fourth-order valence-corrected chi connectivity index (χ4v) is 3.76. The summed E-state index contributed by atoms with van der Waals surface area (Å²) < 4.78 is 5.88. The third kappa shape index (κ3) is 5.28. The minimum atomic E-state index is 0.114. The second-order valence-corrected chi connectivity index (χ2v) is 7.78. The fourth-order valence-electron chi connectivity index (χ4n) is 3.76. The number of anilines is 1. The second-order valence-electron chi connectivity index (χ2n) is 7.78. The average molecular weight is 401 g/mol. The van der Waals surface area contributed by atoms with Crippen molar-refractivity contribution in [3.8, 4) is 5.75 Å². The van der Waals surface area contributed by atoms with Crippen molar-refractivity contribution in [2.75, 3.05) is 31.1 Å². The van der Waals surface area contributed by atoms with E-state index in [1.165, 1.54) is 16.8 Å². The summed E-state index contributed by atoms with van der Waals surface area (Å²) in [4.78, 5) is 16.3. The van der Waals surface area contributed by atoms with Crippen molar-refractivity contribution in [1.29, 1.82) is 0 Å². The lowest BCUT2D eigenvalue weighted by molar-refractivity contribution is 0.101. The van der Waals surface area contributed by atoms with Crippen molar-refractivity contribution in [3.63, 3.8) is 0 Å². The van der Waals surface area contributed by atoms with Gasteiger partial charge in [-0.25, -0.2) is 0 Å². The quantitative estimate of drug-likeness (QED) is 0.534. The number of hydrogen-bond donors (Lipinski definition) is 0. The molecule has 0 bridgehead atoms. The Morgan fingerprint density at radius 3 is 2.10 bits per heavy atom. The minimum absolute atomic E-state index is 0.114. The molecule has 0 unspecified atom stereocenters. The van der Waals surface area contributed by atoms with Crippen molar-refractivity contribution in [3.05, 3.63) is 95.6 Å². The molecule has 4 nitrogen and oxygen atoms in total. The molecule has 1 aliphatic rings. The molecule has 0 aromatic heterocycles. The number of nitrogens with zero attached hydrogens (tertiary/aromatic N) is 2. The maximum Gasteiger partial charge on any atom is 0.159 e. The number of Topliss-reactive ketones (excluding diaryl/α,β-unsaturated/α-hetero) is 1. The van der Waals surface area contributed by atoms with Gasteiger partial charge < -0.3 is 9.64 Å². The average Bonchev–Trinajstić information content (AvgIpc) is 2.80. The molecular formula is C26H28N2O2. The zero-order valence-corrected chi connectivity index (χ0v) is 17.5. The summed E-state index contributed by atoms with van der Waals surface area (Å²) in [5.74, 6) is 1.02. The minimum Gasteiger partial charge on any atom is -0.489 e. The molecule has 3 aromatic carbocycles. The number of piperazine rings is 1. The molecule has 0 saturated carbocycles. The molecule has 0 N–H and O–H groups in total. The topological polar surface area (TPSA) is 32.8 Å². The first-order chi connectivity index (χ1) is 14.7. The number of rotatable bonds is 7. The van der Waals surface area contributed by atoms with Crippen LogP contribution in [0.3, 0.4) is 0 Å². The number of ether oxygens (including phenoxy) is 1. The van der Waals surface area contributed by atoms with Crippen LogP contribution >= 0.6 is 0 Å². The summed E-state index contributed by atoms with van der Waals surface area (Å²) in [5.41, 5.74) is 4.45. The highest BCUT2D eigenvalue weighted by molar-refractivity contribution is 5.94. The molecule has 0 radical (unpaired) electrons. The van der Waals surface area contributed by atoms with Gasteiger partial charge in [-0.15, -0.1) is 0 Å². The van der Waals surface area contributed by atoms with Crippen LogP contribution in [0, 0.1) is 0 Å². The highest BCUT2D eigenvalue weighted by Crippen LogP contribution is 2.20. The molecule has 30 heavy (non-hydrogen) atoms. The van der Waals surface area contributed by atoms with E-state index in [4.69, 9.17) is 4.74 Å². The van der Waals surface area contributed by atoms with E-state index >= 15 is 0 Å². The largest absolute Gasteiger partial charge is 0.489 e. The normalized spacial score (nSPS) is 14.5. The third-order valence-corrected chi connectivity index (χ3v) is 5.59. The summed E-state index contributed by atoms with van der Waals surface area (Å²) in [5, 5.41) is 0. The first-order valence-electron chi connectivity index (χ1n) is 10.5. The Bertz CT molecular complexity index is 945. The lowest BCUT2D eigenvalue weighted by atomic mass is 10.1. The standard InChI is InChI=1S/C26H28N2O2/c1-21(29)24-9-11-25(12-10-24)28-17-15-27(16-18-28)19-22-7-13-26(14-8-22)30-20-23-5-3-2-4-6-23/h2-14H,15-20H2,1H3. The number of benzene rings is 3. The zero-order chi connectivity index (χ0) is 20.8. The van der Waals surface area contributed by atoms with Crippen LogP contribution in [0.4, 0.5) is 5.69 Å². The van der Waals surface area contributed by atoms with E-state index in [2.05, 4.69) is 58.3 Å². The smallest absolute Gasteiger partial charge is 0.159 e. The second kappa shape index (κ2) is 9.59. The Labute approximate surface area is 178 Å². The van der Waals surface area contributed by atoms with Crippen LogP contribution in [0.1, 0.15) is 28.4 Å². The first-order valence-corrected chi connectivity index (χ1v) is 10.5. The molecule has 0 aliphatic carbocycles. The van der Waals surface area contributed by atoms with E-state index in [1.54, 1.807) is 6.92 Å². The van der Waals surface area contributed by atoms with Gasteiger partial charge in [-0.3, -0.25) is 9.69 Å². The van der Waals surface area contributed by atoms with Gasteiger partial charge in [-0.2, -0.15) is 0 Å². The van der Waals surface area contributed by atoms with Gasteiger partial charge in [0.05, 0.1) is 0 Å². The fraction of sp³-hybridized carbons (Fsp3) is 0.269. The predicted molar refractivity (Wildman–Crippen MR) is 121 cm³/mol. The highest BCUT2D eigenvalue weighted by atomic mass is 16.5. The van der Waals surface area contributed by atoms with Crippen molar-refractivity contribution >= 4 is 11.5 Å². The molecule has 0 amide bonds. The molecule has 0 spiro atoms. The molecule has 154 valence electrons. The van der Waals surface area contributed by atoms with Gasteiger partial charge in [-0.05, 0) is 54.4 Å². The van der Waals surface area contributed by atoms with Crippen LogP contribution in [0.5, 0.6) is 5.75 Å². The van der Waals surface area contributed by atoms with Gasteiger partial charge in [0.25, 0.3) is 0 Å². The molecule has 1 aliphatic heterocycles. The highest BCUT2D eigenvalue weighted by Gasteiger charge is 2.17. The summed E-state index contributed by atoms with van der Waals surface area (Å²) in [6.45, 7) is 7.21. The molecule has 4 rings (SSSR count). The Morgan fingerprint density at radius 2 is 1.47 bits per heavy atom. The zero-order valence-electron chi connectivity index (χ0n) is 17.5. The molecule has 1 fully saturated rings. The van der Waals surface area contributed by atoms with Crippen molar-refractivity contribution < 1.29 is 9.53 Å². The summed E-state index contributed by atoms with van der Waals surface area (Å²) in [6.07, 6.45) is 0. The van der Waals surface area contributed by atoms with Crippen LogP contribution in [0.15, 0.2) is 78.9 Å². The summed E-state index contributed by atoms with van der Waals surface area (Å²) in [7, 11) is 0. The Balaban J connectivity index is 1.25. The van der Waals surface area contributed by atoms with Crippen molar-refractivity contribution in [2.45, 2.75) is 20.1 Å². The predicted octanol–water partition coefficient (Wildman–Crippen LogP) is 4.79. The molecule has 3 aromatic rings. The van der Waals surface area contributed by atoms with Crippen LogP contribution in [-0.4, -0.2) is 36.9 Å². The lowest BCUT2D eigenvalue weighted by Gasteiger charge is -2.36. The van der Waals surface area contributed by atoms with Gasteiger partial charge in [0.15, 0.2) is 5.78 Å². The van der Waals surface area contributed by atoms with E-state index < -0.39 is 0 Å². The number of carbonyl (C=O) groups is 1. The Kier molecular flexibility index (Phi) is 6.45. The summed E-state index contributed by atoms with van der Waals surface area (Å²) in [6, 6.07) is 26.6. The van der Waals surface area contributed by atoms with Crippen molar-refractivity contribution in [2.24, 2.45) is 0 Å². The molecule has 1 saturated heterocycles. The van der Waals surface area contributed by atoms with E-state index in [9.17, 15) is 4.79 Å². The number of hydrogen-bond acceptors (Lipinski definition) is 4.